The van der Waals surface area contributed by atoms with E-state index in [9.17, 15) is 0 Å². The van der Waals surface area contributed by atoms with Gasteiger partial charge in [-0.1, -0.05) is 71.3 Å². The molecule has 0 radical (unpaired) electrons. The van der Waals surface area contributed by atoms with Gasteiger partial charge in [-0.15, -0.1) is 0 Å². The fourth-order valence-corrected chi connectivity index (χ4v) is 6.80. The van der Waals surface area contributed by atoms with Crippen molar-refractivity contribution < 1.29 is 9.47 Å². The number of methoxy groups -OCH3 is 1. The van der Waals surface area contributed by atoms with E-state index in [1.165, 1.54) is 33.5 Å². The van der Waals surface area contributed by atoms with E-state index in [1.807, 2.05) is 18.3 Å². The van der Waals surface area contributed by atoms with Crippen LogP contribution in [0.2, 0.25) is 0 Å². The summed E-state index contributed by atoms with van der Waals surface area (Å²) >= 11 is 3.68. The normalized spacial score (nSPS) is 19.1. The minimum atomic E-state index is 0.278. The lowest BCUT2D eigenvalue weighted by Gasteiger charge is -2.37. The number of anilines is 1. The first-order valence-electron chi connectivity index (χ1n) is 14.1. The highest BCUT2D eigenvalue weighted by Crippen LogP contribution is 2.50. The molecule has 0 aromatic heterocycles. The molecule has 0 fully saturated rings. The predicted octanol–water partition coefficient (Wildman–Crippen LogP) is 9.54. The standard InChI is InChI=1S/C36H35BrN2O2/c1-22-8-13-33-31(17-22)29-6-5-7-30(29)35(39-33)27-9-11-28(12-10-27)38-20-25-18-32(37)36(34(19-25)40-4)41-21-26-15-23(2)14-24(3)16-26/h5-6,8-20,29-30,35,39H,7,21H2,1-4H3/t29-,30+,35+/m1/s1. The molecule has 0 bridgehead atoms. The fourth-order valence-electron chi connectivity index (χ4n) is 6.22. The predicted molar refractivity (Wildman–Crippen MR) is 172 cm³/mol. The molecule has 0 unspecified atom stereocenters. The minimum absolute atomic E-state index is 0.278. The van der Waals surface area contributed by atoms with Crippen LogP contribution in [0.4, 0.5) is 11.4 Å². The van der Waals surface area contributed by atoms with Crippen LogP contribution in [0.1, 0.15) is 57.3 Å². The van der Waals surface area contributed by atoms with Crippen LogP contribution in [0, 0.1) is 26.7 Å². The number of nitrogens with one attached hydrogen (secondary N) is 1. The topological polar surface area (TPSA) is 42.8 Å². The summed E-state index contributed by atoms with van der Waals surface area (Å²) in [6.45, 7) is 6.84. The van der Waals surface area contributed by atoms with Gasteiger partial charge in [-0.2, -0.15) is 0 Å². The van der Waals surface area contributed by atoms with Gasteiger partial charge in [0.1, 0.15) is 6.61 Å². The Morgan fingerprint density at radius 3 is 2.46 bits per heavy atom. The highest BCUT2D eigenvalue weighted by molar-refractivity contribution is 9.10. The third-order valence-corrected chi connectivity index (χ3v) is 8.64. The van der Waals surface area contributed by atoms with Crippen molar-refractivity contribution in [1.82, 2.24) is 0 Å². The summed E-state index contributed by atoms with van der Waals surface area (Å²) in [7, 11) is 1.66. The number of hydrogen-bond acceptors (Lipinski definition) is 4. The van der Waals surface area contributed by atoms with Gasteiger partial charge in [0.15, 0.2) is 11.5 Å². The summed E-state index contributed by atoms with van der Waals surface area (Å²) in [5.74, 6) is 2.35. The number of nitrogens with zero attached hydrogens (tertiary/aromatic N) is 1. The van der Waals surface area contributed by atoms with E-state index in [2.05, 4.69) is 115 Å². The summed E-state index contributed by atoms with van der Waals surface area (Å²) in [6.07, 6.45) is 7.69. The smallest absolute Gasteiger partial charge is 0.175 e. The van der Waals surface area contributed by atoms with Gasteiger partial charge in [-0.25, -0.2) is 0 Å². The van der Waals surface area contributed by atoms with E-state index < -0.39 is 0 Å². The Morgan fingerprint density at radius 2 is 1.71 bits per heavy atom. The van der Waals surface area contributed by atoms with E-state index in [1.54, 1.807) is 7.11 Å². The van der Waals surface area contributed by atoms with Crippen molar-refractivity contribution in [3.63, 3.8) is 0 Å². The molecule has 4 aromatic rings. The number of hydrogen-bond donors (Lipinski definition) is 1. The first-order chi connectivity index (χ1) is 19.9. The Kier molecular flexibility index (Phi) is 7.72. The van der Waals surface area contributed by atoms with Gasteiger partial charge >= 0.3 is 0 Å². The zero-order valence-electron chi connectivity index (χ0n) is 23.9. The molecular weight excluding hydrogens is 572 g/mol. The van der Waals surface area contributed by atoms with E-state index in [-0.39, 0.29) is 6.04 Å². The summed E-state index contributed by atoms with van der Waals surface area (Å²) in [6, 6.07) is 26.1. The van der Waals surface area contributed by atoms with Crippen LogP contribution in [-0.2, 0) is 6.61 Å². The number of benzene rings is 4. The molecule has 0 spiro atoms. The Morgan fingerprint density at radius 1 is 0.927 bits per heavy atom. The Balaban J connectivity index is 1.17. The van der Waals surface area contributed by atoms with Crippen molar-refractivity contribution in [2.75, 3.05) is 12.4 Å². The average molecular weight is 608 g/mol. The number of allylic oxidation sites excluding steroid dienone is 2. The second-order valence-corrected chi connectivity index (χ2v) is 12.1. The summed E-state index contributed by atoms with van der Waals surface area (Å²) in [5, 5.41) is 3.83. The maximum absolute atomic E-state index is 6.17. The number of aryl methyl sites for hydroxylation is 3. The van der Waals surface area contributed by atoms with Gasteiger partial charge in [0.05, 0.1) is 23.3 Å². The minimum Gasteiger partial charge on any atom is -0.493 e. The van der Waals surface area contributed by atoms with Crippen molar-refractivity contribution in [3.8, 4) is 11.5 Å². The molecule has 3 atom stereocenters. The second kappa shape index (κ2) is 11.6. The van der Waals surface area contributed by atoms with Crippen molar-refractivity contribution in [3.05, 3.63) is 128 Å². The molecule has 0 amide bonds. The number of rotatable bonds is 7. The van der Waals surface area contributed by atoms with Crippen LogP contribution >= 0.6 is 15.9 Å². The van der Waals surface area contributed by atoms with Gasteiger partial charge in [0, 0.05) is 17.8 Å². The molecule has 4 aromatic carbocycles. The quantitative estimate of drug-likeness (QED) is 0.168. The van der Waals surface area contributed by atoms with Crippen LogP contribution in [0.3, 0.4) is 0 Å². The molecule has 1 heterocycles. The molecule has 5 heteroatoms. The van der Waals surface area contributed by atoms with Gasteiger partial charge in [0.25, 0.3) is 0 Å². The molecule has 1 aliphatic carbocycles. The average Bonchev–Trinajstić information content (AvgIpc) is 3.45. The Bertz CT molecular complexity index is 1620. The molecule has 4 nitrogen and oxygen atoms in total. The first-order valence-corrected chi connectivity index (χ1v) is 14.9. The maximum atomic E-state index is 6.17. The zero-order valence-corrected chi connectivity index (χ0v) is 25.5. The van der Waals surface area contributed by atoms with Crippen LogP contribution in [0.25, 0.3) is 0 Å². The lowest BCUT2D eigenvalue weighted by Crippen LogP contribution is -2.29. The maximum Gasteiger partial charge on any atom is 0.175 e. The van der Waals surface area contributed by atoms with Gasteiger partial charge < -0.3 is 14.8 Å². The molecule has 1 aliphatic heterocycles. The summed E-state index contributed by atoms with van der Waals surface area (Å²) in [4.78, 5) is 4.76. The number of aliphatic imine (C=N–C) groups is 1. The van der Waals surface area contributed by atoms with Crippen molar-refractivity contribution in [2.24, 2.45) is 10.9 Å². The van der Waals surface area contributed by atoms with Crippen LogP contribution in [0.15, 0.2) is 94.4 Å². The van der Waals surface area contributed by atoms with E-state index >= 15 is 0 Å². The Hall–Kier alpha value is -3.83. The summed E-state index contributed by atoms with van der Waals surface area (Å²) in [5.41, 5.74) is 10.7. The van der Waals surface area contributed by atoms with E-state index in [0.29, 0.717) is 29.9 Å². The molecule has 0 saturated heterocycles. The van der Waals surface area contributed by atoms with Gasteiger partial charge in [0.2, 0.25) is 0 Å². The fraction of sp³-hybridized carbons (Fsp3) is 0.250. The van der Waals surface area contributed by atoms with Crippen LogP contribution in [0.5, 0.6) is 11.5 Å². The van der Waals surface area contributed by atoms with Gasteiger partial charge in [-0.05, 0) is 102 Å². The number of ether oxygens (including phenoxy) is 2. The molecule has 2 aliphatic rings. The summed E-state index contributed by atoms with van der Waals surface area (Å²) < 4.78 is 12.7. The molecule has 1 N–H and O–H groups in total. The molecule has 6 rings (SSSR count). The van der Waals surface area contributed by atoms with Gasteiger partial charge in [-0.3, -0.25) is 4.99 Å². The van der Waals surface area contributed by atoms with Crippen LogP contribution < -0.4 is 14.8 Å². The van der Waals surface area contributed by atoms with Crippen molar-refractivity contribution in [1.29, 1.82) is 0 Å². The second-order valence-electron chi connectivity index (χ2n) is 11.2. The number of fused-ring (bicyclic) bond motifs is 3. The third-order valence-electron chi connectivity index (χ3n) is 8.05. The molecule has 208 valence electrons. The monoisotopic (exact) mass is 606 g/mol. The largest absolute Gasteiger partial charge is 0.493 e. The highest BCUT2D eigenvalue weighted by atomic mass is 79.9. The molecule has 41 heavy (non-hydrogen) atoms. The lowest BCUT2D eigenvalue weighted by atomic mass is 9.76. The Labute approximate surface area is 251 Å². The highest BCUT2D eigenvalue weighted by Gasteiger charge is 2.37. The molecular formula is C36H35BrN2O2. The van der Waals surface area contributed by atoms with Crippen LogP contribution in [-0.4, -0.2) is 13.3 Å². The van der Waals surface area contributed by atoms with Crippen molar-refractivity contribution >= 4 is 33.5 Å². The zero-order chi connectivity index (χ0) is 28.5. The molecule has 0 saturated carbocycles. The van der Waals surface area contributed by atoms with E-state index in [0.717, 1.165) is 27.7 Å². The van der Waals surface area contributed by atoms with E-state index in [4.69, 9.17) is 14.5 Å². The van der Waals surface area contributed by atoms with Crippen molar-refractivity contribution in [2.45, 2.75) is 45.8 Å². The first kappa shape index (κ1) is 27.3. The SMILES string of the molecule is COc1cc(C=Nc2ccc([C@@H]3Nc4ccc(C)cc4[C@@H]4C=CC[C@@H]43)cc2)cc(Br)c1OCc1cc(C)cc(C)c1. The third kappa shape index (κ3) is 5.82. The number of halogens is 1. The lowest BCUT2D eigenvalue weighted by molar-refractivity contribution is 0.282.